The summed E-state index contributed by atoms with van der Waals surface area (Å²) >= 11 is 0. The molecule has 0 saturated carbocycles. The second-order valence-electron chi connectivity index (χ2n) is 1.55. The number of aliphatic hydroxyl groups excluding tert-OH is 2. The molecule has 0 aliphatic rings. The van der Waals surface area contributed by atoms with E-state index in [-0.39, 0.29) is 0 Å². The zero-order chi connectivity index (χ0) is 10.9. The van der Waals surface area contributed by atoms with E-state index in [9.17, 15) is 10.1 Å². The van der Waals surface area contributed by atoms with Crippen LogP contribution in [0.2, 0.25) is 0 Å². The third-order valence-corrected chi connectivity index (χ3v) is 0.642. The van der Waals surface area contributed by atoms with E-state index < -0.39 is 29.5 Å². The van der Waals surface area contributed by atoms with Crippen LogP contribution in [-0.2, 0) is 4.84 Å². The molecule has 10 heteroatoms. The Morgan fingerprint density at radius 1 is 1.23 bits per heavy atom. The van der Waals surface area contributed by atoms with Crippen molar-refractivity contribution >= 4 is 0 Å². The predicted octanol–water partition coefficient (Wildman–Crippen LogP) is -1.80. The van der Waals surface area contributed by atoms with Crippen LogP contribution in [-0.4, -0.2) is 44.9 Å². The highest BCUT2D eigenvalue weighted by molar-refractivity contribution is 4.46. The first kappa shape index (κ1) is 13.9. The molecule has 78 valence electrons. The van der Waals surface area contributed by atoms with Crippen molar-refractivity contribution in [2.75, 3.05) is 13.2 Å². The molecule has 0 spiro atoms. The van der Waals surface area contributed by atoms with Gasteiger partial charge in [-0.2, -0.15) is 0 Å². The normalized spacial score (nSPS) is 8.54. The van der Waals surface area contributed by atoms with E-state index in [1.165, 1.54) is 0 Å². The van der Waals surface area contributed by atoms with Gasteiger partial charge in [0.2, 0.25) is 0 Å². The Kier molecular flexibility index (Phi) is 8.99. The molecule has 0 aliphatic heterocycles. The van der Waals surface area contributed by atoms with Crippen molar-refractivity contribution in [2.24, 2.45) is 0 Å². The van der Waals surface area contributed by atoms with Crippen molar-refractivity contribution in [3.63, 3.8) is 0 Å². The van der Waals surface area contributed by atoms with Crippen LogP contribution in [0.3, 0.4) is 0 Å². The van der Waals surface area contributed by atoms with Crippen LogP contribution in [0.15, 0.2) is 0 Å². The Balaban J connectivity index is 0. The van der Waals surface area contributed by atoms with E-state index in [1.54, 1.807) is 0 Å². The summed E-state index contributed by atoms with van der Waals surface area (Å²) in [7, 11) is 0. The van der Waals surface area contributed by atoms with Gasteiger partial charge in [0.25, 0.3) is 10.2 Å². The van der Waals surface area contributed by atoms with Crippen LogP contribution >= 0.6 is 0 Å². The Morgan fingerprint density at radius 2 is 1.54 bits per heavy atom. The highest BCUT2D eigenvalue weighted by Gasteiger charge is 2.08. The zero-order valence-corrected chi connectivity index (χ0v) is 6.27. The van der Waals surface area contributed by atoms with Crippen molar-refractivity contribution in [3.05, 3.63) is 20.2 Å². The second kappa shape index (κ2) is 8.42. The molecule has 3 N–H and O–H groups in total. The summed E-state index contributed by atoms with van der Waals surface area (Å²) in [6, 6.07) is 0. The molecule has 13 heavy (non-hydrogen) atoms. The summed E-state index contributed by atoms with van der Waals surface area (Å²) in [4.78, 5) is 21.6. The average Bonchev–Trinajstić information content (AvgIpc) is 1.98. The molecule has 0 aromatic carbocycles. The Labute approximate surface area is 71.2 Å². The fourth-order valence-corrected chi connectivity index (χ4v) is 0.246. The van der Waals surface area contributed by atoms with E-state index in [4.69, 9.17) is 25.5 Å². The van der Waals surface area contributed by atoms with Crippen LogP contribution in [0.1, 0.15) is 0 Å². The van der Waals surface area contributed by atoms with Crippen LogP contribution in [0.25, 0.3) is 0 Å². The second-order valence-corrected chi connectivity index (χ2v) is 1.55. The summed E-state index contributed by atoms with van der Waals surface area (Å²) in [6.07, 6.45) is -1.11. The maximum absolute atomic E-state index is 9.49. The van der Waals surface area contributed by atoms with E-state index >= 15 is 0 Å². The van der Waals surface area contributed by atoms with Crippen LogP contribution in [0.5, 0.6) is 0 Å². The molecule has 0 radical (unpaired) electrons. The van der Waals surface area contributed by atoms with Gasteiger partial charge in [-0.25, -0.2) is 0 Å². The van der Waals surface area contributed by atoms with Gasteiger partial charge < -0.3 is 20.3 Å². The minimum atomic E-state index is -1.50. The first-order valence-electron chi connectivity index (χ1n) is 2.80. The SMILES string of the molecule is O=[N+]([O-])O.O=[N+]([O-])OC(CO)CO. The van der Waals surface area contributed by atoms with Crippen molar-refractivity contribution in [1.29, 1.82) is 0 Å². The average molecular weight is 200 g/mol. The first-order chi connectivity index (χ1) is 5.93. The minimum Gasteiger partial charge on any atom is -0.394 e. The van der Waals surface area contributed by atoms with Gasteiger partial charge in [0.15, 0.2) is 6.10 Å². The highest BCUT2D eigenvalue weighted by Crippen LogP contribution is 1.87. The van der Waals surface area contributed by atoms with Crippen molar-refractivity contribution in [3.8, 4) is 0 Å². The lowest BCUT2D eigenvalue weighted by Crippen LogP contribution is -2.24. The molecule has 0 aliphatic carbocycles. The van der Waals surface area contributed by atoms with Gasteiger partial charge in [-0.15, -0.1) is 20.2 Å². The highest BCUT2D eigenvalue weighted by atomic mass is 17.0. The molecular weight excluding hydrogens is 192 g/mol. The van der Waals surface area contributed by atoms with Gasteiger partial charge in [0.1, 0.15) is 0 Å². The Morgan fingerprint density at radius 3 is 1.62 bits per heavy atom. The molecule has 10 nitrogen and oxygen atoms in total. The number of nitrogens with zero attached hydrogens (tertiary/aromatic N) is 2. The number of rotatable bonds is 4. The van der Waals surface area contributed by atoms with Gasteiger partial charge in [-0.1, -0.05) is 0 Å². The Hall–Kier alpha value is -1.68. The lowest BCUT2D eigenvalue weighted by Gasteiger charge is -2.05. The van der Waals surface area contributed by atoms with Gasteiger partial charge in [0.05, 0.1) is 13.2 Å². The van der Waals surface area contributed by atoms with E-state index in [1.807, 2.05) is 0 Å². The molecule has 0 aromatic rings. The minimum absolute atomic E-state index is 0.558. The third kappa shape index (κ3) is 17.9. The number of hydrogen-bond acceptors (Lipinski definition) is 7. The van der Waals surface area contributed by atoms with E-state index in [0.717, 1.165) is 0 Å². The topological polar surface area (TPSA) is 156 Å². The molecule has 0 saturated heterocycles. The lowest BCUT2D eigenvalue weighted by molar-refractivity contribution is -0.769. The Bertz CT molecular complexity index is 151. The maximum Gasteiger partial charge on any atom is 0.294 e. The maximum atomic E-state index is 9.49. The molecule has 0 amide bonds. The summed E-state index contributed by atoms with van der Waals surface area (Å²) in [5.41, 5.74) is 0. The fourth-order valence-electron chi connectivity index (χ4n) is 0.246. The van der Waals surface area contributed by atoms with Gasteiger partial charge in [0, 0.05) is 0 Å². The van der Waals surface area contributed by atoms with Crippen LogP contribution < -0.4 is 0 Å². The monoisotopic (exact) mass is 200 g/mol. The molecule has 0 unspecified atom stereocenters. The molecule has 0 fully saturated rings. The van der Waals surface area contributed by atoms with Crippen molar-refractivity contribution in [1.82, 2.24) is 0 Å². The largest absolute Gasteiger partial charge is 0.394 e. The van der Waals surface area contributed by atoms with Crippen LogP contribution in [0.4, 0.5) is 0 Å². The summed E-state index contributed by atoms with van der Waals surface area (Å²) < 4.78 is 0. The van der Waals surface area contributed by atoms with E-state index in [2.05, 4.69) is 4.84 Å². The third-order valence-electron chi connectivity index (χ3n) is 0.642. The molecule has 0 bridgehead atoms. The molecule has 0 heterocycles. The predicted molar refractivity (Wildman–Crippen MR) is 34.8 cm³/mol. The van der Waals surface area contributed by atoms with E-state index in [0.29, 0.717) is 0 Å². The first-order valence-corrected chi connectivity index (χ1v) is 2.80. The summed E-state index contributed by atoms with van der Waals surface area (Å²) in [5, 5.41) is 38.4. The standard InChI is InChI=1S/C3H7NO5.HNO3/c5-1-3(2-6)9-4(7)8;2-1(3)4/h3,5-6H,1-2H2;(H,2,3,4). The fraction of sp³-hybridized carbons (Fsp3) is 1.00. The van der Waals surface area contributed by atoms with Crippen molar-refractivity contribution in [2.45, 2.75) is 6.10 Å². The molecule has 0 aromatic heterocycles. The van der Waals surface area contributed by atoms with Gasteiger partial charge in [-0.3, -0.25) is 0 Å². The zero-order valence-electron chi connectivity index (χ0n) is 6.27. The molecule has 0 atom stereocenters. The molecular formula is C3H8N2O8. The van der Waals surface area contributed by atoms with Gasteiger partial charge in [-0.05, 0) is 0 Å². The summed E-state index contributed by atoms with van der Waals surface area (Å²) in [5.74, 6) is 0. The van der Waals surface area contributed by atoms with Crippen molar-refractivity contribution < 1.29 is 30.4 Å². The quantitative estimate of drug-likeness (QED) is 0.354. The smallest absolute Gasteiger partial charge is 0.294 e. The van der Waals surface area contributed by atoms with Gasteiger partial charge >= 0.3 is 0 Å². The lowest BCUT2D eigenvalue weighted by atomic mass is 10.4. The number of aliphatic hydroxyl groups is 2. The number of hydrogen-bond donors (Lipinski definition) is 3. The molecule has 0 rings (SSSR count). The van der Waals surface area contributed by atoms with Crippen LogP contribution in [0, 0.1) is 20.2 Å². The summed E-state index contributed by atoms with van der Waals surface area (Å²) in [6.45, 7) is -1.12.